The first-order chi connectivity index (χ1) is 12.7. The maximum Gasteiger partial charge on any atom is 0.164 e. The zero-order chi connectivity index (χ0) is 18.4. The molecule has 3 rings (SSSR count). The van der Waals surface area contributed by atoms with Crippen molar-refractivity contribution in [3.63, 3.8) is 0 Å². The van der Waals surface area contributed by atoms with Crippen molar-refractivity contribution in [1.29, 1.82) is 0 Å². The van der Waals surface area contributed by atoms with Gasteiger partial charge in [0.25, 0.3) is 0 Å². The van der Waals surface area contributed by atoms with Crippen molar-refractivity contribution in [3.05, 3.63) is 58.3 Å². The first-order valence-corrected chi connectivity index (χ1v) is 10.7. The standard InChI is InChI=1S/C19H22Cl2N4S/c1-26-19(23-17-4-2-7-22-13-17)25-9-3-8-24(10-11-25)14-15-5-6-16(20)12-18(15)21/h2,4-7,12-13H,3,8-11,14H2,1H3/p+1. The molecule has 1 saturated heterocycles. The topological polar surface area (TPSA) is 32.9 Å². The van der Waals surface area contributed by atoms with Gasteiger partial charge in [0.15, 0.2) is 5.17 Å². The third kappa shape index (κ3) is 5.36. The summed E-state index contributed by atoms with van der Waals surface area (Å²) in [6.45, 7) is 5.13. The van der Waals surface area contributed by atoms with Gasteiger partial charge in [-0.05, 0) is 30.5 Å². The second-order valence-corrected chi connectivity index (χ2v) is 7.93. The first kappa shape index (κ1) is 19.5. The Bertz CT molecular complexity index is 754. The number of pyridine rings is 1. The Hall–Kier alpha value is -1.27. The highest BCUT2D eigenvalue weighted by Gasteiger charge is 2.21. The quantitative estimate of drug-likeness (QED) is 0.621. The van der Waals surface area contributed by atoms with Crippen molar-refractivity contribution in [2.75, 3.05) is 32.4 Å². The molecule has 1 aromatic heterocycles. The molecule has 4 nitrogen and oxygen atoms in total. The van der Waals surface area contributed by atoms with Crippen LogP contribution in [0, 0.1) is 0 Å². The van der Waals surface area contributed by atoms with Crippen LogP contribution in [0.2, 0.25) is 10.0 Å². The van der Waals surface area contributed by atoms with E-state index >= 15 is 0 Å². The molecule has 1 fully saturated rings. The third-order valence-electron chi connectivity index (χ3n) is 4.47. The van der Waals surface area contributed by atoms with E-state index in [0.29, 0.717) is 5.02 Å². The van der Waals surface area contributed by atoms with Crippen LogP contribution in [-0.4, -0.2) is 47.5 Å². The van der Waals surface area contributed by atoms with Crippen LogP contribution in [0.25, 0.3) is 0 Å². The Morgan fingerprint density at radius 3 is 2.88 bits per heavy atom. The van der Waals surface area contributed by atoms with Crippen molar-refractivity contribution >= 4 is 45.8 Å². The molecular weight excluding hydrogens is 387 g/mol. The molecule has 138 valence electrons. The average molecular weight is 410 g/mol. The number of aromatic nitrogens is 1. The van der Waals surface area contributed by atoms with Crippen molar-refractivity contribution < 1.29 is 4.90 Å². The number of rotatable bonds is 3. The molecule has 0 bridgehead atoms. The maximum atomic E-state index is 6.34. The van der Waals surface area contributed by atoms with E-state index < -0.39 is 0 Å². The predicted molar refractivity (Wildman–Crippen MR) is 112 cm³/mol. The maximum absolute atomic E-state index is 6.34. The van der Waals surface area contributed by atoms with Gasteiger partial charge in [-0.25, -0.2) is 4.99 Å². The smallest absolute Gasteiger partial charge is 0.164 e. The molecule has 1 unspecified atom stereocenters. The van der Waals surface area contributed by atoms with Crippen LogP contribution in [0.5, 0.6) is 0 Å². The monoisotopic (exact) mass is 409 g/mol. The summed E-state index contributed by atoms with van der Waals surface area (Å²) in [4.78, 5) is 12.8. The molecule has 1 N–H and O–H groups in total. The molecule has 7 heteroatoms. The molecular formula is C19H23Cl2N4S+. The number of nitrogens with one attached hydrogen (secondary N) is 1. The molecule has 0 spiro atoms. The fourth-order valence-electron chi connectivity index (χ4n) is 3.13. The van der Waals surface area contributed by atoms with E-state index in [1.54, 1.807) is 29.1 Å². The summed E-state index contributed by atoms with van der Waals surface area (Å²) in [6.07, 6.45) is 6.78. The molecule has 0 amide bonds. The fraction of sp³-hybridized carbons (Fsp3) is 0.368. The minimum atomic E-state index is 0.687. The van der Waals surface area contributed by atoms with Gasteiger partial charge >= 0.3 is 0 Å². The van der Waals surface area contributed by atoms with Gasteiger partial charge in [-0.2, -0.15) is 0 Å². The summed E-state index contributed by atoms with van der Waals surface area (Å²) in [6, 6.07) is 9.69. The van der Waals surface area contributed by atoms with Gasteiger partial charge in [-0.15, -0.1) is 0 Å². The highest BCUT2D eigenvalue weighted by Crippen LogP contribution is 2.20. The van der Waals surface area contributed by atoms with Crippen LogP contribution >= 0.6 is 35.0 Å². The lowest BCUT2D eigenvalue weighted by Gasteiger charge is -2.22. The Morgan fingerprint density at radius 1 is 1.27 bits per heavy atom. The lowest BCUT2D eigenvalue weighted by molar-refractivity contribution is -0.911. The lowest BCUT2D eigenvalue weighted by atomic mass is 10.2. The first-order valence-electron chi connectivity index (χ1n) is 8.71. The largest absolute Gasteiger partial charge is 0.345 e. The average Bonchev–Trinajstić information content (AvgIpc) is 2.88. The Balaban J connectivity index is 1.64. The van der Waals surface area contributed by atoms with Crippen molar-refractivity contribution in [3.8, 4) is 0 Å². The van der Waals surface area contributed by atoms with E-state index in [2.05, 4.69) is 16.1 Å². The molecule has 0 saturated carbocycles. The molecule has 0 aliphatic carbocycles. The van der Waals surface area contributed by atoms with Gasteiger partial charge in [0.1, 0.15) is 6.54 Å². The van der Waals surface area contributed by atoms with E-state index in [1.165, 1.54) is 0 Å². The molecule has 0 radical (unpaired) electrons. The van der Waals surface area contributed by atoms with Crippen LogP contribution < -0.4 is 4.90 Å². The Kier molecular flexibility index (Phi) is 7.20. The Morgan fingerprint density at radius 2 is 2.15 bits per heavy atom. The molecule has 1 aliphatic heterocycles. The predicted octanol–water partition coefficient (Wildman–Crippen LogP) is 3.53. The second-order valence-electron chi connectivity index (χ2n) is 6.31. The number of aliphatic imine (C=N–C) groups is 1. The van der Waals surface area contributed by atoms with Crippen molar-refractivity contribution in [1.82, 2.24) is 9.88 Å². The summed E-state index contributed by atoms with van der Waals surface area (Å²) < 4.78 is 0. The third-order valence-corrected chi connectivity index (χ3v) is 5.77. The van der Waals surface area contributed by atoms with Crippen LogP contribution in [0.15, 0.2) is 47.7 Å². The number of nitrogens with zero attached hydrogens (tertiary/aromatic N) is 3. The van der Waals surface area contributed by atoms with Gasteiger partial charge in [-0.3, -0.25) is 4.98 Å². The van der Waals surface area contributed by atoms with Gasteiger partial charge in [0.05, 0.1) is 36.5 Å². The minimum absolute atomic E-state index is 0.687. The summed E-state index contributed by atoms with van der Waals surface area (Å²) in [5, 5.41) is 2.50. The zero-order valence-electron chi connectivity index (χ0n) is 14.8. The normalized spacial score (nSPS) is 18.7. The molecule has 1 aliphatic rings. The van der Waals surface area contributed by atoms with E-state index in [9.17, 15) is 0 Å². The van der Waals surface area contributed by atoms with Crippen LogP contribution in [-0.2, 0) is 6.54 Å². The van der Waals surface area contributed by atoms with E-state index in [4.69, 9.17) is 28.2 Å². The fourth-order valence-corrected chi connectivity index (χ4v) is 4.24. The van der Waals surface area contributed by atoms with Crippen molar-refractivity contribution in [2.45, 2.75) is 13.0 Å². The molecule has 2 heterocycles. The van der Waals surface area contributed by atoms with E-state index in [0.717, 1.165) is 60.6 Å². The van der Waals surface area contributed by atoms with Gasteiger partial charge in [0.2, 0.25) is 0 Å². The van der Waals surface area contributed by atoms with E-state index in [-0.39, 0.29) is 0 Å². The number of hydrogen-bond acceptors (Lipinski definition) is 3. The second kappa shape index (κ2) is 9.60. The summed E-state index contributed by atoms with van der Waals surface area (Å²) in [7, 11) is 0. The number of hydrogen-bond donors (Lipinski definition) is 1. The SMILES string of the molecule is CSC(=Nc1cccnc1)N1CCC[NH+](Cc2ccc(Cl)cc2Cl)CC1. The number of quaternary nitrogens is 1. The zero-order valence-corrected chi connectivity index (χ0v) is 17.1. The molecule has 1 atom stereocenters. The molecule has 26 heavy (non-hydrogen) atoms. The summed E-state index contributed by atoms with van der Waals surface area (Å²) >= 11 is 14.0. The summed E-state index contributed by atoms with van der Waals surface area (Å²) in [5.41, 5.74) is 2.06. The van der Waals surface area contributed by atoms with Crippen LogP contribution in [0.4, 0.5) is 5.69 Å². The molecule has 2 aromatic rings. The van der Waals surface area contributed by atoms with Gasteiger partial charge in [-0.1, -0.05) is 41.0 Å². The number of benzene rings is 1. The van der Waals surface area contributed by atoms with Crippen LogP contribution in [0.3, 0.4) is 0 Å². The highest BCUT2D eigenvalue weighted by atomic mass is 35.5. The number of amidine groups is 1. The van der Waals surface area contributed by atoms with Gasteiger partial charge in [0, 0.05) is 29.7 Å². The number of thioether (sulfide) groups is 1. The Labute approximate surface area is 169 Å². The van der Waals surface area contributed by atoms with Crippen LogP contribution in [0.1, 0.15) is 12.0 Å². The highest BCUT2D eigenvalue weighted by molar-refractivity contribution is 8.13. The van der Waals surface area contributed by atoms with Crippen molar-refractivity contribution in [2.24, 2.45) is 4.99 Å². The van der Waals surface area contributed by atoms with E-state index in [1.807, 2.05) is 30.3 Å². The number of halogens is 2. The minimum Gasteiger partial charge on any atom is -0.345 e. The van der Waals surface area contributed by atoms with Gasteiger partial charge < -0.3 is 9.80 Å². The lowest BCUT2D eigenvalue weighted by Crippen LogP contribution is -3.11. The molecule has 1 aromatic carbocycles. The summed E-state index contributed by atoms with van der Waals surface area (Å²) in [5.74, 6) is 0.